The van der Waals surface area contributed by atoms with Gasteiger partial charge in [-0.3, -0.25) is 0 Å². The van der Waals surface area contributed by atoms with E-state index in [9.17, 15) is 0 Å². The van der Waals surface area contributed by atoms with Crippen molar-refractivity contribution < 1.29 is 0 Å². The van der Waals surface area contributed by atoms with Crippen LogP contribution in [0.3, 0.4) is 0 Å². The maximum absolute atomic E-state index is 4.38. The van der Waals surface area contributed by atoms with Gasteiger partial charge in [-0.15, -0.1) is 10.2 Å². The molecule has 0 saturated heterocycles. The van der Waals surface area contributed by atoms with Gasteiger partial charge in [0, 0.05) is 5.92 Å². The van der Waals surface area contributed by atoms with Gasteiger partial charge in [-0.1, -0.05) is 32.1 Å². The number of hydrogen-bond donors (Lipinski definition) is 1. The van der Waals surface area contributed by atoms with E-state index in [1.54, 1.807) is 0 Å². The predicted octanol–water partition coefficient (Wildman–Crippen LogP) is 3.50. The van der Waals surface area contributed by atoms with E-state index in [4.69, 9.17) is 0 Å². The number of nitrogens with zero attached hydrogens (tertiary/aromatic N) is 2. The van der Waals surface area contributed by atoms with Crippen molar-refractivity contribution in [2.75, 3.05) is 6.54 Å². The number of hydrogen-bond acceptors (Lipinski definition) is 4. The molecule has 1 heterocycles. The summed E-state index contributed by atoms with van der Waals surface area (Å²) in [5.41, 5.74) is 0. The molecular weight excluding hydrogens is 230 g/mol. The lowest BCUT2D eigenvalue weighted by Gasteiger charge is -2.12. The van der Waals surface area contributed by atoms with Crippen molar-refractivity contribution in [3.05, 3.63) is 10.0 Å². The summed E-state index contributed by atoms with van der Waals surface area (Å²) < 4.78 is 0. The van der Waals surface area contributed by atoms with Crippen LogP contribution in [0.5, 0.6) is 0 Å². The van der Waals surface area contributed by atoms with Crippen LogP contribution in [0.2, 0.25) is 0 Å². The molecule has 0 aliphatic heterocycles. The number of nitrogens with one attached hydrogen (secondary N) is 1. The summed E-state index contributed by atoms with van der Waals surface area (Å²) in [6.07, 6.45) is 5.01. The molecule has 0 radical (unpaired) electrons. The van der Waals surface area contributed by atoms with E-state index >= 15 is 0 Å². The molecule has 1 aromatic rings. The van der Waals surface area contributed by atoms with Crippen molar-refractivity contribution in [3.8, 4) is 0 Å². The third-order valence-electron chi connectivity index (χ3n) is 3.52. The second kappa shape index (κ2) is 5.91. The topological polar surface area (TPSA) is 37.8 Å². The van der Waals surface area contributed by atoms with Gasteiger partial charge in [-0.05, 0) is 38.1 Å². The van der Waals surface area contributed by atoms with Gasteiger partial charge in [0.05, 0.1) is 6.04 Å². The summed E-state index contributed by atoms with van der Waals surface area (Å²) in [7, 11) is 0. The standard InChI is InChI=1S/C13H23N3S/c1-4-8-14-11(5-2)13-16-15-12(17-13)9(3)10-6-7-10/h9-11,14H,4-8H2,1-3H3. The van der Waals surface area contributed by atoms with Crippen molar-refractivity contribution in [1.29, 1.82) is 0 Å². The smallest absolute Gasteiger partial charge is 0.134 e. The van der Waals surface area contributed by atoms with Crippen LogP contribution in [-0.4, -0.2) is 16.7 Å². The Morgan fingerprint density at radius 1 is 1.29 bits per heavy atom. The average molecular weight is 253 g/mol. The zero-order valence-corrected chi connectivity index (χ0v) is 11.9. The predicted molar refractivity (Wildman–Crippen MR) is 72.4 cm³/mol. The molecule has 1 aliphatic carbocycles. The van der Waals surface area contributed by atoms with Gasteiger partial charge in [0.2, 0.25) is 0 Å². The van der Waals surface area contributed by atoms with E-state index in [2.05, 4.69) is 36.3 Å². The normalized spacial score (nSPS) is 19.2. The van der Waals surface area contributed by atoms with Crippen LogP contribution in [-0.2, 0) is 0 Å². The molecule has 1 saturated carbocycles. The molecule has 0 amide bonds. The van der Waals surface area contributed by atoms with E-state index < -0.39 is 0 Å². The fourth-order valence-corrected chi connectivity index (χ4v) is 3.24. The lowest BCUT2D eigenvalue weighted by atomic mass is 10.1. The fourth-order valence-electron chi connectivity index (χ4n) is 2.09. The first-order valence-electron chi connectivity index (χ1n) is 6.82. The van der Waals surface area contributed by atoms with Crippen molar-refractivity contribution >= 4 is 11.3 Å². The second-order valence-electron chi connectivity index (χ2n) is 5.02. The third-order valence-corrected chi connectivity index (χ3v) is 4.76. The molecule has 96 valence electrons. The summed E-state index contributed by atoms with van der Waals surface area (Å²) in [4.78, 5) is 0. The first-order valence-corrected chi connectivity index (χ1v) is 7.64. The van der Waals surface area contributed by atoms with Crippen LogP contribution in [0.4, 0.5) is 0 Å². The van der Waals surface area contributed by atoms with E-state index in [0.29, 0.717) is 12.0 Å². The zero-order valence-electron chi connectivity index (χ0n) is 11.1. The summed E-state index contributed by atoms with van der Waals surface area (Å²) in [6.45, 7) is 7.76. The summed E-state index contributed by atoms with van der Waals surface area (Å²) >= 11 is 1.81. The van der Waals surface area contributed by atoms with Crippen LogP contribution < -0.4 is 5.32 Å². The van der Waals surface area contributed by atoms with Gasteiger partial charge >= 0.3 is 0 Å². The molecule has 1 N–H and O–H groups in total. The highest BCUT2D eigenvalue weighted by Crippen LogP contribution is 2.43. The monoisotopic (exact) mass is 253 g/mol. The average Bonchev–Trinajstić information content (AvgIpc) is 3.08. The van der Waals surface area contributed by atoms with Crippen molar-refractivity contribution in [1.82, 2.24) is 15.5 Å². The highest BCUT2D eigenvalue weighted by Gasteiger charge is 2.31. The molecule has 2 atom stereocenters. The molecule has 4 heteroatoms. The molecule has 0 spiro atoms. The van der Waals surface area contributed by atoms with Gasteiger partial charge in [0.15, 0.2) is 0 Å². The Kier molecular flexibility index (Phi) is 4.51. The zero-order chi connectivity index (χ0) is 12.3. The molecule has 17 heavy (non-hydrogen) atoms. The van der Waals surface area contributed by atoms with Crippen LogP contribution in [0.15, 0.2) is 0 Å². The first-order chi connectivity index (χ1) is 8.26. The van der Waals surface area contributed by atoms with Gasteiger partial charge < -0.3 is 5.32 Å². The summed E-state index contributed by atoms with van der Waals surface area (Å²) in [6, 6.07) is 0.396. The molecule has 0 aromatic carbocycles. The van der Waals surface area contributed by atoms with Gasteiger partial charge in [0.25, 0.3) is 0 Å². The van der Waals surface area contributed by atoms with Gasteiger partial charge in [-0.25, -0.2) is 0 Å². The molecule has 1 fully saturated rings. The summed E-state index contributed by atoms with van der Waals surface area (Å²) in [5, 5.41) is 14.7. The Morgan fingerprint density at radius 2 is 2.00 bits per heavy atom. The third kappa shape index (κ3) is 3.26. The number of aromatic nitrogens is 2. The molecule has 3 nitrogen and oxygen atoms in total. The Labute approximate surface area is 108 Å². The lowest BCUT2D eigenvalue weighted by molar-refractivity contribution is 0.512. The van der Waals surface area contributed by atoms with Crippen LogP contribution in [0, 0.1) is 5.92 Å². The maximum Gasteiger partial charge on any atom is 0.134 e. The van der Waals surface area contributed by atoms with E-state index in [1.807, 2.05) is 11.3 Å². The van der Waals surface area contributed by atoms with E-state index in [-0.39, 0.29) is 0 Å². The minimum absolute atomic E-state index is 0.396. The minimum Gasteiger partial charge on any atom is -0.308 e. The highest BCUT2D eigenvalue weighted by atomic mass is 32.1. The second-order valence-corrected chi connectivity index (χ2v) is 6.06. The molecule has 2 unspecified atom stereocenters. The number of rotatable bonds is 7. The van der Waals surface area contributed by atoms with Crippen molar-refractivity contribution in [3.63, 3.8) is 0 Å². The maximum atomic E-state index is 4.38. The Bertz CT molecular complexity index is 346. The molecule has 1 aliphatic rings. The van der Waals surface area contributed by atoms with E-state index in [1.165, 1.54) is 29.3 Å². The van der Waals surface area contributed by atoms with Crippen molar-refractivity contribution in [2.45, 2.75) is 58.4 Å². The van der Waals surface area contributed by atoms with Crippen LogP contribution in [0.1, 0.15) is 68.4 Å². The highest BCUT2D eigenvalue weighted by molar-refractivity contribution is 7.11. The fraction of sp³-hybridized carbons (Fsp3) is 0.846. The van der Waals surface area contributed by atoms with Crippen LogP contribution >= 0.6 is 11.3 Å². The Balaban J connectivity index is 1.99. The quantitative estimate of drug-likeness (QED) is 0.808. The molecule has 0 bridgehead atoms. The SMILES string of the molecule is CCCNC(CC)c1nnc(C(C)C2CC2)s1. The molecule has 2 rings (SSSR count). The van der Waals surface area contributed by atoms with Gasteiger partial charge in [-0.2, -0.15) is 0 Å². The molecular formula is C13H23N3S. The summed E-state index contributed by atoms with van der Waals surface area (Å²) in [5.74, 6) is 1.49. The first kappa shape index (κ1) is 13.0. The van der Waals surface area contributed by atoms with Gasteiger partial charge in [0.1, 0.15) is 10.0 Å². The minimum atomic E-state index is 0.396. The van der Waals surface area contributed by atoms with Crippen molar-refractivity contribution in [2.24, 2.45) is 5.92 Å². The largest absolute Gasteiger partial charge is 0.308 e. The lowest BCUT2D eigenvalue weighted by Crippen LogP contribution is -2.21. The Morgan fingerprint density at radius 3 is 2.59 bits per heavy atom. The molecule has 1 aromatic heterocycles. The van der Waals surface area contributed by atoms with Crippen LogP contribution in [0.25, 0.3) is 0 Å². The van der Waals surface area contributed by atoms with E-state index in [0.717, 1.165) is 18.9 Å². The Hall–Kier alpha value is -0.480.